The normalized spacial score (nSPS) is 12.1. The monoisotopic (exact) mass is 261 g/mol. The predicted octanol–water partition coefficient (Wildman–Crippen LogP) is 1.88. The molecule has 1 N–H and O–H groups in total. The first kappa shape index (κ1) is 12.4. The second-order valence-corrected chi connectivity index (χ2v) is 4.25. The lowest BCUT2D eigenvalue weighted by Crippen LogP contribution is -2.33. The summed E-state index contributed by atoms with van der Waals surface area (Å²) in [4.78, 5) is 12.1. The number of para-hydroxylation sites is 1. The van der Waals surface area contributed by atoms with Crippen molar-refractivity contribution in [1.82, 2.24) is 0 Å². The molecule has 5 heteroatoms. The number of Topliss-reactive ketones (excluding diaryl/α,β-unsaturated/α-hetero) is 1. The molecule has 0 spiro atoms. The second kappa shape index (κ2) is 5.10. The van der Waals surface area contributed by atoms with Crippen LogP contribution in [-0.4, -0.2) is 10.9 Å². The van der Waals surface area contributed by atoms with E-state index in [1.54, 1.807) is 24.3 Å². The number of thiol groups is 1. The zero-order chi connectivity index (χ0) is 13.1. The summed E-state index contributed by atoms with van der Waals surface area (Å²) in [6.45, 7) is 0. The molecule has 0 bridgehead atoms. The number of pyridine rings is 1. The Hall–Kier alpha value is -2.01. The Morgan fingerprint density at radius 3 is 2.56 bits per heavy atom. The van der Waals surface area contributed by atoms with Crippen molar-refractivity contribution in [2.75, 3.05) is 0 Å². The van der Waals surface area contributed by atoms with Gasteiger partial charge in [0.05, 0.1) is 5.56 Å². The van der Waals surface area contributed by atoms with Crippen LogP contribution >= 0.6 is 12.6 Å². The third-order valence-electron chi connectivity index (χ3n) is 2.55. The number of hydrogen-bond donors (Lipinski definition) is 2. The van der Waals surface area contributed by atoms with Crippen LogP contribution in [0.1, 0.15) is 21.3 Å². The van der Waals surface area contributed by atoms with Gasteiger partial charge < -0.3 is 10.3 Å². The molecule has 0 radical (unpaired) electrons. The lowest BCUT2D eigenvalue weighted by atomic mass is 10.0. The number of hydrogen-bond acceptors (Lipinski definition) is 4. The highest BCUT2D eigenvalue weighted by molar-refractivity contribution is 7.81. The van der Waals surface area contributed by atoms with Crippen molar-refractivity contribution in [3.05, 3.63) is 65.1 Å². The molecular weight excluding hydrogens is 250 g/mol. The quantitative estimate of drug-likeness (QED) is 0.384. The van der Waals surface area contributed by atoms with Crippen LogP contribution in [0.25, 0.3) is 0 Å². The highest BCUT2D eigenvalue weighted by atomic mass is 32.1. The smallest absolute Gasteiger partial charge is 0.213 e. The van der Waals surface area contributed by atoms with Crippen LogP contribution in [0.3, 0.4) is 0 Å². The largest absolute Gasteiger partial charge is 0.618 e. The molecule has 2 rings (SSSR count). The Labute approximate surface area is 110 Å². The number of phenolic OH excluding ortho intramolecular Hbond substituents is 1. The van der Waals surface area contributed by atoms with E-state index in [-0.39, 0.29) is 17.0 Å². The molecule has 0 fully saturated rings. The maximum atomic E-state index is 12.1. The van der Waals surface area contributed by atoms with E-state index in [2.05, 4.69) is 12.6 Å². The molecule has 0 saturated carbocycles. The van der Waals surface area contributed by atoms with E-state index in [1.807, 2.05) is 0 Å². The molecule has 1 atom stereocenters. The SMILES string of the molecule is O=C(c1ccccc1O)C(S)c1cccc[n+]1[O-]. The highest BCUT2D eigenvalue weighted by Gasteiger charge is 2.26. The van der Waals surface area contributed by atoms with Crippen LogP contribution in [0, 0.1) is 5.21 Å². The number of aromatic hydroxyl groups is 1. The molecule has 0 aliphatic heterocycles. The first-order valence-electron chi connectivity index (χ1n) is 5.29. The van der Waals surface area contributed by atoms with Gasteiger partial charge in [-0.25, -0.2) is 0 Å². The van der Waals surface area contributed by atoms with E-state index < -0.39 is 11.0 Å². The minimum absolute atomic E-state index is 0.116. The minimum atomic E-state index is -0.906. The van der Waals surface area contributed by atoms with E-state index in [1.165, 1.54) is 24.4 Å². The molecule has 1 unspecified atom stereocenters. The second-order valence-electron chi connectivity index (χ2n) is 3.74. The number of carbonyl (C=O) groups excluding carboxylic acids is 1. The van der Waals surface area contributed by atoms with Gasteiger partial charge in [-0.05, 0) is 18.2 Å². The molecule has 92 valence electrons. The van der Waals surface area contributed by atoms with Gasteiger partial charge in [0.15, 0.2) is 17.2 Å². The molecule has 2 aromatic rings. The van der Waals surface area contributed by atoms with Crippen molar-refractivity contribution >= 4 is 18.4 Å². The zero-order valence-electron chi connectivity index (χ0n) is 9.35. The maximum absolute atomic E-state index is 12.1. The van der Waals surface area contributed by atoms with Crippen molar-refractivity contribution < 1.29 is 14.6 Å². The van der Waals surface area contributed by atoms with Crippen LogP contribution in [0.4, 0.5) is 0 Å². The molecule has 0 aliphatic rings. The molecule has 0 aliphatic carbocycles. The van der Waals surface area contributed by atoms with Crippen molar-refractivity contribution in [2.45, 2.75) is 5.25 Å². The number of rotatable bonds is 3. The third kappa shape index (κ3) is 2.31. The number of nitrogens with zero attached hydrogens (tertiary/aromatic N) is 1. The van der Waals surface area contributed by atoms with Crippen LogP contribution in [-0.2, 0) is 0 Å². The maximum Gasteiger partial charge on any atom is 0.213 e. The van der Waals surface area contributed by atoms with Crippen LogP contribution in [0.5, 0.6) is 5.75 Å². The summed E-state index contributed by atoms with van der Waals surface area (Å²) in [6, 6.07) is 10.9. The van der Waals surface area contributed by atoms with Crippen molar-refractivity contribution in [3.63, 3.8) is 0 Å². The minimum Gasteiger partial charge on any atom is -0.618 e. The Morgan fingerprint density at radius 2 is 1.89 bits per heavy atom. The van der Waals surface area contributed by atoms with Gasteiger partial charge in [-0.1, -0.05) is 12.1 Å². The molecule has 1 aromatic heterocycles. The molecule has 4 nitrogen and oxygen atoms in total. The molecule has 0 amide bonds. The topological polar surface area (TPSA) is 64.2 Å². The summed E-state index contributed by atoms with van der Waals surface area (Å²) in [5, 5.41) is 20.2. The van der Waals surface area contributed by atoms with E-state index >= 15 is 0 Å². The van der Waals surface area contributed by atoms with Gasteiger partial charge in [-0.15, -0.1) is 0 Å². The third-order valence-corrected chi connectivity index (χ3v) is 3.05. The fraction of sp³-hybridized carbons (Fsp3) is 0.0769. The van der Waals surface area contributed by atoms with Crippen LogP contribution < -0.4 is 4.73 Å². The standard InChI is InChI=1S/C13H11NO3S/c15-11-7-2-1-5-9(11)12(16)13(18)10-6-3-4-8-14(10)17/h1-8,13,15,18H. The van der Waals surface area contributed by atoms with Gasteiger partial charge in [-0.3, -0.25) is 4.79 Å². The average Bonchev–Trinajstić information content (AvgIpc) is 2.38. The van der Waals surface area contributed by atoms with Crippen molar-refractivity contribution in [2.24, 2.45) is 0 Å². The van der Waals surface area contributed by atoms with Gasteiger partial charge in [0, 0.05) is 12.1 Å². The van der Waals surface area contributed by atoms with Gasteiger partial charge in [0.2, 0.25) is 5.69 Å². The van der Waals surface area contributed by atoms with Gasteiger partial charge >= 0.3 is 0 Å². The van der Waals surface area contributed by atoms with Gasteiger partial charge in [-0.2, -0.15) is 17.4 Å². The molecule has 18 heavy (non-hydrogen) atoms. The summed E-state index contributed by atoms with van der Waals surface area (Å²) in [5.74, 6) is -0.526. The van der Waals surface area contributed by atoms with Crippen LogP contribution in [0.2, 0.25) is 0 Å². The van der Waals surface area contributed by atoms with E-state index in [4.69, 9.17) is 0 Å². The number of carbonyl (C=O) groups is 1. The average molecular weight is 261 g/mol. The Kier molecular flexibility index (Phi) is 3.53. The Morgan fingerprint density at radius 1 is 1.22 bits per heavy atom. The summed E-state index contributed by atoms with van der Waals surface area (Å²) >= 11 is 4.16. The number of benzene rings is 1. The van der Waals surface area contributed by atoms with E-state index in [9.17, 15) is 15.1 Å². The molecule has 1 aromatic carbocycles. The highest BCUT2D eigenvalue weighted by Crippen LogP contribution is 2.26. The lowest BCUT2D eigenvalue weighted by Gasteiger charge is -2.10. The van der Waals surface area contributed by atoms with E-state index in [0.29, 0.717) is 4.73 Å². The van der Waals surface area contributed by atoms with Gasteiger partial charge in [0.25, 0.3) is 0 Å². The first-order valence-corrected chi connectivity index (χ1v) is 5.81. The van der Waals surface area contributed by atoms with Crippen molar-refractivity contribution in [1.29, 1.82) is 0 Å². The summed E-state index contributed by atoms with van der Waals surface area (Å²) in [5.41, 5.74) is 0.385. The molecule has 1 heterocycles. The summed E-state index contributed by atoms with van der Waals surface area (Å²) in [6.07, 6.45) is 1.30. The summed E-state index contributed by atoms with van der Waals surface area (Å²) < 4.78 is 0.593. The van der Waals surface area contributed by atoms with Crippen molar-refractivity contribution in [3.8, 4) is 5.75 Å². The van der Waals surface area contributed by atoms with Crippen LogP contribution in [0.15, 0.2) is 48.7 Å². The van der Waals surface area contributed by atoms with Gasteiger partial charge in [0.1, 0.15) is 5.75 Å². The number of aromatic nitrogens is 1. The Bertz CT molecular complexity index is 586. The molecular formula is C13H11NO3S. The first-order chi connectivity index (χ1) is 8.61. The zero-order valence-corrected chi connectivity index (χ0v) is 10.2. The van der Waals surface area contributed by atoms with E-state index in [0.717, 1.165) is 0 Å². The number of phenols is 1. The summed E-state index contributed by atoms with van der Waals surface area (Å²) in [7, 11) is 0. The fourth-order valence-corrected chi connectivity index (χ4v) is 1.96. The Balaban J connectivity index is 2.36. The number of ketones is 1. The fourth-order valence-electron chi connectivity index (χ4n) is 1.62. The molecule has 0 saturated heterocycles. The lowest BCUT2D eigenvalue weighted by molar-refractivity contribution is -0.613. The predicted molar refractivity (Wildman–Crippen MR) is 69.6 cm³/mol.